The van der Waals surface area contributed by atoms with Gasteiger partial charge in [0.2, 0.25) is 0 Å². The molecular weight excluding hydrogens is 537 g/mol. The Morgan fingerprint density at radius 1 is 1.15 bits per heavy atom. The van der Waals surface area contributed by atoms with Crippen molar-refractivity contribution in [1.29, 1.82) is 0 Å². The highest BCUT2D eigenvalue weighted by molar-refractivity contribution is 14.1. The van der Waals surface area contributed by atoms with Gasteiger partial charge >= 0.3 is 0 Å². The molecule has 1 unspecified atom stereocenters. The van der Waals surface area contributed by atoms with Gasteiger partial charge in [-0.15, -0.1) is 0 Å². The van der Waals surface area contributed by atoms with Gasteiger partial charge in [0.1, 0.15) is 18.4 Å². The Bertz CT molecular complexity index is 1010. The van der Waals surface area contributed by atoms with Crippen LogP contribution in [0.2, 0.25) is 0 Å². The number of halogens is 1. The second-order valence-corrected chi connectivity index (χ2v) is 8.45. The maximum absolute atomic E-state index is 12.7. The zero-order valence-corrected chi connectivity index (χ0v) is 21.2. The fraction of sp³-hybridized carbons (Fsp3) is 0.292. The predicted octanol–water partition coefficient (Wildman–Crippen LogP) is 3.78. The van der Waals surface area contributed by atoms with Crippen LogP contribution in [0.15, 0.2) is 54.2 Å². The first kappa shape index (κ1) is 26.2. The van der Waals surface area contributed by atoms with Crippen LogP contribution in [-0.4, -0.2) is 44.9 Å². The second-order valence-electron chi connectivity index (χ2n) is 7.29. The van der Waals surface area contributed by atoms with Crippen molar-refractivity contribution < 1.29 is 23.8 Å². The molecule has 2 rings (SSSR count). The van der Waals surface area contributed by atoms with Gasteiger partial charge in [0, 0.05) is 5.56 Å². The smallest absolute Gasteiger partial charge is 0.262 e. The van der Waals surface area contributed by atoms with E-state index in [2.05, 4.69) is 45.0 Å². The van der Waals surface area contributed by atoms with Crippen molar-refractivity contribution in [2.45, 2.75) is 19.9 Å². The van der Waals surface area contributed by atoms with E-state index < -0.39 is 11.9 Å². The summed E-state index contributed by atoms with van der Waals surface area (Å²) < 4.78 is 17.0. The van der Waals surface area contributed by atoms with Gasteiger partial charge in [-0.05, 0) is 70.5 Å². The van der Waals surface area contributed by atoms with Gasteiger partial charge in [0.25, 0.3) is 11.8 Å². The van der Waals surface area contributed by atoms with Gasteiger partial charge in [-0.2, -0.15) is 5.10 Å². The molecule has 0 aliphatic carbocycles. The minimum atomic E-state index is -0.763. The van der Waals surface area contributed by atoms with Crippen LogP contribution in [0.5, 0.6) is 17.2 Å². The number of carbonyl (C=O) groups excluding carboxylic acids is 2. The number of amides is 2. The minimum absolute atomic E-state index is 0.148. The number of hydrazone groups is 1. The Morgan fingerprint density at radius 3 is 2.42 bits per heavy atom. The van der Waals surface area contributed by atoms with Gasteiger partial charge < -0.3 is 19.5 Å². The molecule has 0 aliphatic rings. The summed E-state index contributed by atoms with van der Waals surface area (Å²) in [5.74, 6) is 0.875. The molecule has 0 spiro atoms. The molecule has 0 aliphatic heterocycles. The molecule has 2 amide bonds. The Morgan fingerprint density at radius 2 is 1.85 bits per heavy atom. The molecule has 0 bridgehead atoms. The molecular formula is C24H28IN3O5. The first-order chi connectivity index (χ1) is 15.8. The van der Waals surface area contributed by atoms with E-state index in [1.165, 1.54) is 6.21 Å². The molecule has 0 saturated carbocycles. The van der Waals surface area contributed by atoms with E-state index in [4.69, 9.17) is 14.2 Å². The average molecular weight is 565 g/mol. The lowest BCUT2D eigenvalue weighted by Crippen LogP contribution is -2.48. The Labute approximate surface area is 207 Å². The summed E-state index contributed by atoms with van der Waals surface area (Å²) in [6.45, 7) is 7.69. The van der Waals surface area contributed by atoms with Crippen LogP contribution in [0.4, 0.5) is 0 Å². The molecule has 33 heavy (non-hydrogen) atoms. The molecule has 0 fully saturated rings. The van der Waals surface area contributed by atoms with Crippen LogP contribution in [-0.2, 0) is 4.79 Å². The van der Waals surface area contributed by atoms with Gasteiger partial charge in [-0.25, -0.2) is 5.43 Å². The number of nitrogens with one attached hydrogen (secondary N) is 2. The quantitative estimate of drug-likeness (QED) is 0.187. The molecule has 8 nitrogen and oxygen atoms in total. The summed E-state index contributed by atoms with van der Waals surface area (Å²) >= 11 is 2.14. The van der Waals surface area contributed by atoms with Gasteiger partial charge in [-0.1, -0.05) is 26.5 Å². The first-order valence-electron chi connectivity index (χ1n) is 10.2. The molecule has 0 aromatic heterocycles. The van der Waals surface area contributed by atoms with Crippen molar-refractivity contribution >= 4 is 40.6 Å². The first-order valence-corrected chi connectivity index (χ1v) is 11.3. The minimum Gasteiger partial charge on any atom is -0.497 e. The monoisotopic (exact) mass is 565 g/mol. The summed E-state index contributed by atoms with van der Waals surface area (Å²) in [6, 6.07) is 9.49. The SMILES string of the molecule is C=CCOc1c(I)cc(C=NNC(=O)C(NC(=O)c2ccc(OC)cc2)C(C)C)cc1OC. The summed E-state index contributed by atoms with van der Waals surface area (Å²) in [6.07, 6.45) is 3.15. The number of hydrogen-bond donors (Lipinski definition) is 2. The summed E-state index contributed by atoms with van der Waals surface area (Å²) in [5, 5.41) is 6.81. The molecule has 2 N–H and O–H groups in total. The number of carbonyl (C=O) groups is 2. The number of rotatable bonds is 11. The van der Waals surface area contributed by atoms with E-state index in [1.807, 2.05) is 19.9 Å². The Hall–Kier alpha value is -3.08. The number of nitrogens with zero attached hydrogens (tertiary/aromatic N) is 1. The standard InChI is InChI=1S/C24H28IN3O5/c1-6-11-33-22-19(25)12-16(13-20(22)32-5)14-26-28-24(30)21(15(2)3)27-23(29)17-7-9-18(31-4)10-8-17/h6-10,12-15,21H,1,11H2,2-5H3,(H,27,29)(H,28,30). The van der Waals surface area contributed by atoms with E-state index in [1.54, 1.807) is 50.6 Å². The number of ether oxygens (including phenoxy) is 3. The normalized spacial score (nSPS) is 11.7. The van der Waals surface area contributed by atoms with E-state index >= 15 is 0 Å². The van der Waals surface area contributed by atoms with Crippen LogP contribution in [0, 0.1) is 9.49 Å². The van der Waals surface area contributed by atoms with Crippen molar-refractivity contribution in [1.82, 2.24) is 10.7 Å². The number of benzene rings is 2. The third kappa shape index (κ3) is 7.48. The largest absolute Gasteiger partial charge is 0.497 e. The lowest BCUT2D eigenvalue weighted by Gasteiger charge is -2.20. The van der Waals surface area contributed by atoms with Crippen LogP contribution in [0.25, 0.3) is 0 Å². The van der Waals surface area contributed by atoms with Crippen LogP contribution < -0.4 is 25.0 Å². The number of hydrogen-bond acceptors (Lipinski definition) is 6. The predicted molar refractivity (Wildman–Crippen MR) is 136 cm³/mol. The fourth-order valence-corrected chi connectivity index (χ4v) is 3.62. The summed E-state index contributed by atoms with van der Waals surface area (Å²) in [5.41, 5.74) is 3.64. The molecule has 0 saturated heterocycles. The van der Waals surface area contributed by atoms with Crippen molar-refractivity contribution in [3.8, 4) is 17.2 Å². The Kier molecular flexibility index (Phi) is 10.2. The van der Waals surface area contributed by atoms with Gasteiger partial charge in [0.05, 0.1) is 24.0 Å². The third-order valence-corrected chi connectivity index (χ3v) is 5.37. The molecule has 2 aromatic rings. The third-order valence-electron chi connectivity index (χ3n) is 4.57. The lowest BCUT2D eigenvalue weighted by atomic mass is 10.0. The zero-order valence-electron chi connectivity index (χ0n) is 19.1. The maximum atomic E-state index is 12.7. The maximum Gasteiger partial charge on any atom is 0.262 e. The Balaban J connectivity index is 2.07. The van der Waals surface area contributed by atoms with Crippen molar-refractivity contribution in [3.05, 3.63) is 63.8 Å². The van der Waals surface area contributed by atoms with Gasteiger partial charge in [0.15, 0.2) is 11.5 Å². The van der Waals surface area contributed by atoms with E-state index in [-0.39, 0.29) is 11.8 Å². The van der Waals surface area contributed by atoms with Crippen LogP contribution in [0.3, 0.4) is 0 Å². The average Bonchev–Trinajstić information content (AvgIpc) is 2.81. The lowest BCUT2D eigenvalue weighted by molar-refractivity contribution is -0.123. The van der Waals surface area contributed by atoms with Crippen LogP contribution in [0.1, 0.15) is 29.8 Å². The van der Waals surface area contributed by atoms with E-state index in [0.29, 0.717) is 35.0 Å². The fourth-order valence-electron chi connectivity index (χ4n) is 2.84. The van der Waals surface area contributed by atoms with Gasteiger partial charge in [-0.3, -0.25) is 9.59 Å². The van der Waals surface area contributed by atoms with Crippen molar-refractivity contribution in [3.63, 3.8) is 0 Å². The van der Waals surface area contributed by atoms with E-state index in [9.17, 15) is 9.59 Å². The number of methoxy groups -OCH3 is 2. The molecule has 9 heteroatoms. The summed E-state index contributed by atoms with van der Waals surface area (Å²) in [7, 11) is 3.10. The second kappa shape index (κ2) is 12.8. The van der Waals surface area contributed by atoms with Crippen LogP contribution >= 0.6 is 22.6 Å². The highest BCUT2D eigenvalue weighted by Gasteiger charge is 2.24. The van der Waals surface area contributed by atoms with E-state index in [0.717, 1.165) is 3.57 Å². The molecule has 2 aromatic carbocycles. The topological polar surface area (TPSA) is 98.2 Å². The highest BCUT2D eigenvalue weighted by atomic mass is 127. The highest BCUT2D eigenvalue weighted by Crippen LogP contribution is 2.33. The molecule has 0 heterocycles. The molecule has 0 radical (unpaired) electrons. The van der Waals surface area contributed by atoms with Crippen molar-refractivity contribution in [2.24, 2.45) is 11.0 Å². The zero-order chi connectivity index (χ0) is 24.4. The molecule has 1 atom stereocenters. The molecule has 176 valence electrons. The van der Waals surface area contributed by atoms with Crippen molar-refractivity contribution in [2.75, 3.05) is 20.8 Å². The summed E-state index contributed by atoms with van der Waals surface area (Å²) in [4.78, 5) is 25.3.